The van der Waals surface area contributed by atoms with E-state index in [2.05, 4.69) is 7.88 Å². The minimum absolute atomic E-state index is 0.306. The number of likely N-dealkylation sites (tertiary alicyclic amines) is 1. The summed E-state index contributed by atoms with van der Waals surface area (Å²) in [4.78, 5) is 2.70. The molecule has 2 aliphatic rings. The van der Waals surface area contributed by atoms with Crippen LogP contribution in [0.15, 0.2) is 41.7 Å². The fraction of sp³-hybridized carbons (Fsp3) is 0.438. The minimum atomic E-state index is -3.34. The van der Waals surface area contributed by atoms with Crippen molar-refractivity contribution in [3.63, 3.8) is 0 Å². The van der Waals surface area contributed by atoms with Gasteiger partial charge < -0.3 is 0 Å². The number of benzene rings is 1. The van der Waals surface area contributed by atoms with E-state index in [4.69, 9.17) is 10.5 Å². The molecule has 1 saturated heterocycles. The Morgan fingerprint density at radius 1 is 1.17 bits per heavy atom. The number of nitrogen functional groups attached to an aromatic ring is 1. The fourth-order valence-electron chi connectivity index (χ4n) is 2.90. The van der Waals surface area contributed by atoms with E-state index in [0.29, 0.717) is 22.9 Å². The van der Waals surface area contributed by atoms with Gasteiger partial charge in [0.15, 0.2) is 0 Å². The van der Waals surface area contributed by atoms with E-state index >= 15 is 0 Å². The Kier molecular flexibility index (Phi) is 5.89. The monoisotopic (exact) mass is 451 g/mol. The van der Waals surface area contributed by atoms with Crippen molar-refractivity contribution in [2.24, 2.45) is 2.98 Å². The zero-order valence-corrected chi connectivity index (χ0v) is 17.7. The van der Waals surface area contributed by atoms with Gasteiger partial charge in [-0.05, 0) is 0 Å². The molecule has 0 atom stereocenters. The predicted octanol–water partition coefficient (Wildman–Crippen LogP) is 1.54. The van der Waals surface area contributed by atoms with Crippen molar-refractivity contribution in [2.75, 3.05) is 32.0 Å². The number of anilines is 1. The van der Waals surface area contributed by atoms with Crippen molar-refractivity contribution in [3.05, 3.63) is 33.9 Å². The van der Waals surface area contributed by atoms with Crippen LogP contribution < -0.4 is 5.73 Å². The molecule has 2 N–H and O–H groups in total. The summed E-state index contributed by atoms with van der Waals surface area (Å²) in [5.74, 6) is 0.617. The number of piperidine rings is 1. The van der Waals surface area contributed by atoms with Crippen molar-refractivity contribution >= 4 is 38.8 Å². The van der Waals surface area contributed by atoms with Gasteiger partial charge in [-0.15, -0.1) is 0 Å². The molecule has 0 saturated carbocycles. The van der Waals surface area contributed by atoms with Gasteiger partial charge in [0.2, 0.25) is 0 Å². The second-order valence-corrected chi connectivity index (χ2v) is 20.2. The van der Waals surface area contributed by atoms with Crippen molar-refractivity contribution in [1.82, 2.24) is 4.90 Å². The van der Waals surface area contributed by atoms with Crippen molar-refractivity contribution in [1.29, 1.82) is 0 Å². The van der Waals surface area contributed by atoms with Crippen LogP contribution in [0.2, 0.25) is 0 Å². The van der Waals surface area contributed by atoms with Crippen LogP contribution in [0.5, 0.6) is 0 Å². The van der Waals surface area contributed by atoms with Crippen LogP contribution in [0.1, 0.15) is 19.3 Å². The number of hydrogen-bond donors (Lipinski definition) is 1. The molecule has 2 heterocycles. The molecule has 1 aromatic rings. The molecule has 3 rings (SSSR count). The molecule has 128 valence electrons. The zero-order valence-electron chi connectivity index (χ0n) is 13.6. The number of nitrogens with two attached hydrogens (primary N) is 1. The molecular formula is C16H22InN3O3S. The molecule has 1 aromatic carbocycles. The van der Waals surface area contributed by atoms with E-state index in [0.717, 1.165) is 19.6 Å². The quantitative estimate of drug-likeness (QED) is 0.664. The standard InChI is InChI=1S/C10H16N2O.C6H6NO2S.In/c1-10(9-11)13-8-7-12-5-3-2-4-6-12;7-5-1-3-6(4-2-5)10(8)9;/h1,9H,2-8H2;1-4H,7H2;/q-1;;+1. The number of hydrogen-bond acceptors (Lipinski definition) is 6. The van der Waals surface area contributed by atoms with Gasteiger partial charge in [-0.3, -0.25) is 0 Å². The number of nitrogens with zero attached hydrogens (tertiary/aromatic N) is 2. The van der Waals surface area contributed by atoms with Crippen molar-refractivity contribution in [2.45, 2.75) is 24.2 Å². The molecule has 0 radical (unpaired) electrons. The van der Waals surface area contributed by atoms with Crippen LogP contribution in [0.4, 0.5) is 5.69 Å². The number of rotatable bonds is 6. The van der Waals surface area contributed by atoms with Gasteiger partial charge >= 0.3 is 150 Å². The first-order chi connectivity index (χ1) is 11.6. The Morgan fingerprint density at radius 2 is 1.88 bits per heavy atom. The molecule has 0 aliphatic carbocycles. The molecule has 8 heteroatoms. The van der Waals surface area contributed by atoms with Gasteiger partial charge in [0.1, 0.15) is 0 Å². The molecule has 0 unspecified atom stereocenters. The number of ether oxygens (including phenoxy) is 1. The SMILES string of the molecule is Nc1ccc([S](=O)(=O)[In]2[CH]=C(OCCN3CCCCC3)C=[N]2)cc1. The summed E-state index contributed by atoms with van der Waals surface area (Å²) in [6.45, 7) is 0.380. The summed E-state index contributed by atoms with van der Waals surface area (Å²) in [6.07, 6.45) is 5.41. The third kappa shape index (κ3) is 4.34. The van der Waals surface area contributed by atoms with Crippen LogP contribution in [-0.4, -0.2) is 66.0 Å². The molecule has 24 heavy (non-hydrogen) atoms. The van der Waals surface area contributed by atoms with Crippen molar-refractivity contribution < 1.29 is 13.2 Å². The summed E-state index contributed by atoms with van der Waals surface area (Å²) in [5, 5.41) is 0. The third-order valence-corrected chi connectivity index (χ3v) is 18.4. The Morgan fingerprint density at radius 3 is 2.58 bits per heavy atom. The Balaban J connectivity index is 1.56. The first-order valence-electron chi connectivity index (χ1n) is 8.25. The molecule has 0 amide bonds. The first kappa shape index (κ1) is 17.8. The van der Waals surface area contributed by atoms with Crippen LogP contribution >= 0.6 is 0 Å². The van der Waals surface area contributed by atoms with Gasteiger partial charge in [-0.1, -0.05) is 0 Å². The second-order valence-electron chi connectivity index (χ2n) is 6.10. The topological polar surface area (TPSA) is 85.0 Å². The second kappa shape index (κ2) is 7.93. The van der Waals surface area contributed by atoms with Crippen LogP contribution in [0.25, 0.3) is 0 Å². The summed E-state index contributed by atoms with van der Waals surface area (Å²) in [7, 11) is 0. The first-order valence-corrected chi connectivity index (χ1v) is 17.2. The van der Waals surface area contributed by atoms with E-state index < -0.39 is 26.9 Å². The average molecular weight is 451 g/mol. The predicted molar refractivity (Wildman–Crippen MR) is 96.6 cm³/mol. The van der Waals surface area contributed by atoms with E-state index in [1.165, 1.54) is 19.3 Å². The molecule has 2 aliphatic heterocycles. The maximum absolute atomic E-state index is 12.6. The van der Waals surface area contributed by atoms with Gasteiger partial charge in [0.05, 0.1) is 0 Å². The van der Waals surface area contributed by atoms with Crippen LogP contribution in [0, 0.1) is 0 Å². The summed E-state index contributed by atoms with van der Waals surface area (Å²) >= 11 is -3.26. The summed E-state index contributed by atoms with van der Waals surface area (Å²) < 4.78 is 37.1. The maximum atomic E-state index is 12.6. The third-order valence-electron chi connectivity index (χ3n) is 4.31. The molecular weight excluding hydrogens is 429 g/mol. The fourth-order valence-corrected chi connectivity index (χ4v) is 14.4. The summed E-state index contributed by atoms with van der Waals surface area (Å²) in [6, 6.07) is 6.33. The summed E-state index contributed by atoms with van der Waals surface area (Å²) in [5.41, 5.74) is 6.17. The van der Waals surface area contributed by atoms with Crippen LogP contribution in [0.3, 0.4) is 0 Å². The van der Waals surface area contributed by atoms with E-state index in [9.17, 15) is 8.42 Å². The Labute approximate surface area is 149 Å². The van der Waals surface area contributed by atoms with E-state index in [-0.39, 0.29) is 0 Å². The number of allylic oxidation sites excluding steroid dienone is 1. The van der Waals surface area contributed by atoms with Crippen LogP contribution in [-0.2, 0) is 11.4 Å². The zero-order chi connectivity index (χ0) is 17.0. The Hall–Kier alpha value is -0.990. The Bertz CT molecular complexity index is 725. The average Bonchev–Trinajstić information content (AvgIpc) is 3.06. The van der Waals surface area contributed by atoms with Gasteiger partial charge in [0, 0.05) is 0 Å². The molecule has 6 nitrogen and oxygen atoms in total. The normalized spacial score (nSPS) is 18.7. The van der Waals surface area contributed by atoms with E-state index in [1.807, 2.05) is 0 Å². The molecule has 1 fully saturated rings. The van der Waals surface area contributed by atoms with Gasteiger partial charge in [-0.25, -0.2) is 0 Å². The van der Waals surface area contributed by atoms with E-state index in [1.54, 1.807) is 34.3 Å². The molecule has 0 spiro atoms. The molecule has 0 aromatic heterocycles. The van der Waals surface area contributed by atoms with Gasteiger partial charge in [-0.2, -0.15) is 0 Å². The van der Waals surface area contributed by atoms with Crippen molar-refractivity contribution in [3.8, 4) is 0 Å². The molecule has 0 bridgehead atoms. The van der Waals surface area contributed by atoms with Gasteiger partial charge in [0.25, 0.3) is 0 Å².